The smallest absolute Gasteiger partial charge is 0.332 e. The van der Waals surface area contributed by atoms with Crippen molar-refractivity contribution in [2.24, 2.45) is 17.8 Å². The summed E-state index contributed by atoms with van der Waals surface area (Å²) in [4.78, 5) is 61.6. The van der Waals surface area contributed by atoms with E-state index in [1.54, 1.807) is 0 Å². The van der Waals surface area contributed by atoms with Crippen LogP contribution in [0.25, 0.3) is 0 Å². The molecule has 0 aromatic carbocycles. The Bertz CT molecular complexity index is 1370. The molecule has 0 bridgehead atoms. The van der Waals surface area contributed by atoms with Gasteiger partial charge in [0.15, 0.2) is 18.7 Å². The molecule has 4 fully saturated rings. The molecule has 20 heteroatoms. The van der Waals surface area contributed by atoms with Crippen LogP contribution < -0.4 is 16.0 Å². The van der Waals surface area contributed by atoms with E-state index in [0.717, 1.165) is 32.1 Å². The number of hydrogen-bond acceptors (Lipinski definition) is 15. The number of carboxylic acids is 2. The van der Waals surface area contributed by atoms with E-state index in [2.05, 4.69) is 16.0 Å². The Hall–Kier alpha value is -3.05. The van der Waals surface area contributed by atoms with Gasteiger partial charge in [-0.2, -0.15) is 0 Å². The molecule has 2 saturated carbocycles. The Morgan fingerprint density at radius 3 is 2.12 bits per heavy atom. The van der Waals surface area contributed by atoms with Crippen LogP contribution in [-0.2, 0) is 47.7 Å². The zero-order chi connectivity index (χ0) is 42.7. The lowest BCUT2D eigenvalue weighted by molar-refractivity contribution is -0.338. The number of aliphatic carboxylic acids is 2. The van der Waals surface area contributed by atoms with E-state index < -0.39 is 128 Å². The molecule has 332 valence electrons. The second kappa shape index (κ2) is 22.5. The summed E-state index contributed by atoms with van der Waals surface area (Å²) in [7, 11) is 0. The van der Waals surface area contributed by atoms with Gasteiger partial charge in [-0.1, -0.05) is 45.4 Å². The number of aliphatic hydroxyl groups is 5. The lowest BCUT2D eigenvalue weighted by atomic mass is 9.75. The van der Waals surface area contributed by atoms with Crippen LogP contribution in [0.1, 0.15) is 91.4 Å². The highest BCUT2D eigenvalue weighted by Gasteiger charge is 2.53. The molecule has 10 N–H and O–H groups in total. The quantitative estimate of drug-likeness (QED) is 0.0663. The lowest BCUT2D eigenvalue weighted by Crippen LogP contribution is -2.67. The van der Waals surface area contributed by atoms with Gasteiger partial charge in [-0.3, -0.25) is 19.2 Å². The molecule has 15 atom stereocenters. The molecular weight excluding hydrogens is 770 g/mol. The number of nitrogens with one attached hydrogen (secondary N) is 3. The molecule has 4 rings (SSSR count). The van der Waals surface area contributed by atoms with Crippen LogP contribution in [0.3, 0.4) is 0 Å². The van der Waals surface area contributed by atoms with Crippen LogP contribution in [-0.4, -0.2) is 165 Å². The van der Waals surface area contributed by atoms with Gasteiger partial charge < -0.3 is 75.4 Å². The lowest BCUT2D eigenvalue weighted by Gasteiger charge is -2.49. The maximum atomic E-state index is 13.6. The number of ether oxygens (including phenoxy) is 5. The van der Waals surface area contributed by atoms with Crippen LogP contribution in [0.4, 0.5) is 0 Å². The zero-order valence-corrected chi connectivity index (χ0v) is 33.4. The number of hydrogen-bond donors (Lipinski definition) is 10. The van der Waals surface area contributed by atoms with Crippen molar-refractivity contribution in [3.8, 4) is 0 Å². The fourth-order valence-electron chi connectivity index (χ4n) is 8.42. The van der Waals surface area contributed by atoms with E-state index in [9.17, 15) is 54.6 Å². The van der Waals surface area contributed by atoms with Gasteiger partial charge in [0.25, 0.3) is 0 Å². The molecule has 0 radical (unpaired) electrons. The van der Waals surface area contributed by atoms with Crippen LogP contribution >= 0.6 is 0 Å². The number of carboxylic acid groups (broad SMARTS) is 2. The summed E-state index contributed by atoms with van der Waals surface area (Å²) in [5.74, 6) is -5.03. The molecule has 3 amide bonds. The van der Waals surface area contributed by atoms with E-state index in [1.807, 2.05) is 6.92 Å². The summed E-state index contributed by atoms with van der Waals surface area (Å²) < 4.78 is 30.9. The van der Waals surface area contributed by atoms with Crippen molar-refractivity contribution in [3.05, 3.63) is 0 Å². The topological polar surface area (TPSA) is 309 Å². The van der Waals surface area contributed by atoms with Crippen LogP contribution in [0.2, 0.25) is 0 Å². The van der Waals surface area contributed by atoms with E-state index in [1.165, 1.54) is 13.8 Å². The Balaban J connectivity index is 1.61. The van der Waals surface area contributed by atoms with Gasteiger partial charge >= 0.3 is 11.9 Å². The third kappa shape index (κ3) is 13.0. The molecular formula is C38H63N3O17. The molecule has 2 aliphatic heterocycles. The van der Waals surface area contributed by atoms with Crippen LogP contribution in [0, 0.1) is 17.8 Å². The second-order valence-corrected chi connectivity index (χ2v) is 15.9. The second-order valence-electron chi connectivity index (χ2n) is 15.9. The van der Waals surface area contributed by atoms with Crippen molar-refractivity contribution in [1.29, 1.82) is 0 Å². The predicted molar refractivity (Wildman–Crippen MR) is 198 cm³/mol. The summed E-state index contributed by atoms with van der Waals surface area (Å²) >= 11 is 0. The number of amides is 3. The highest BCUT2D eigenvalue weighted by atomic mass is 16.7. The minimum Gasteiger partial charge on any atom is -0.481 e. The largest absolute Gasteiger partial charge is 0.481 e. The van der Waals surface area contributed by atoms with Crippen molar-refractivity contribution in [3.63, 3.8) is 0 Å². The van der Waals surface area contributed by atoms with E-state index in [0.29, 0.717) is 6.42 Å². The normalized spacial score (nSPS) is 36.3. The first-order valence-electron chi connectivity index (χ1n) is 20.4. The SMILES string of the molecule is CCC1C[C@H](C(=O)NCCNC(=O)CCC(=O)O)C[C@@H](O[C@@H]2OC(CO)[C@H](O)C(O[C@@H](CC3CCCCC3)C(=O)O)C2NC(C)=O)C1O[C@@H]1OC(C)[C@@H](O)C(O)C1O. The molecule has 0 aromatic rings. The monoisotopic (exact) mass is 833 g/mol. The number of aliphatic hydroxyl groups excluding tert-OH is 5. The highest BCUT2D eigenvalue weighted by Crippen LogP contribution is 2.40. The van der Waals surface area contributed by atoms with Gasteiger partial charge in [-0.25, -0.2) is 4.79 Å². The average molecular weight is 834 g/mol. The Kier molecular flexibility index (Phi) is 18.5. The van der Waals surface area contributed by atoms with Crippen molar-refractivity contribution < 1.29 is 83.4 Å². The first kappa shape index (κ1) is 47.6. The molecule has 0 spiro atoms. The van der Waals surface area contributed by atoms with Crippen molar-refractivity contribution in [2.45, 2.75) is 171 Å². The van der Waals surface area contributed by atoms with Crippen molar-refractivity contribution in [1.82, 2.24) is 16.0 Å². The molecule has 20 nitrogen and oxygen atoms in total. The van der Waals surface area contributed by atoms with Gasteiger partial charge in [-0.15, -0.1) is 0 Å². The Morgan fingerprint density at radius 2 is 1.50 bits per heavy atom. The van der Waals surface area contributed by atoms with Crippen molar-refractivity contribution >= 4 is 29.7 Å². The van der Waals surface area contributed by atoms with Crippen LogP contribution in [0.5, 0.6) is 0 Å². The molecule has 2 aliphatic carbocycles. The fraction of sp³-hybridized carbons (Fsp3) is 0.868. The molecule has 8 unspecified atom stereocenters. The van der Waals surface area contributed by atoms with Gasteiger partial charge in [0, 0.05) is 32.4 Å². The number of carbonyl (C=O) groups excluding carboxylic acids is 3. The van der Waals surface area contributed by atoms with Gasteiger partial charge in [0.2, 0.25) is 17.7 Å². The van der Waals surface area contributed by atoms with Gasteiger partial charge in [-0.05, 0) is 38.0 Å². The molecule has 2 saturated heterocycles. The Morgan fingerprint density at radius 1 is 0.810 bits per heavy atom. The number of rotatable bonds is 19. The summed E-state index contributed by atoms with van der Waals surface area (Å²) in [6, 6.07) is -1.34. The van der Waals surface area contributed by atoms with E-state index >= 15 is 0 Å². The standard InChI is InChI=1S/C38H63N3O17/c1-4-21-15-22(35(51)40-13-12-39-26(44)10-11-27(45)46)16-23(33(21)58-38-32(50)31(49)29(47)18(2)54-38)56-37-28(41-19(3)43)34(30(48)25(17-42)57-37)55-24(36(52)53)14-20-8-6-5-7-9-20/h18,20-25,28-34,37-38,42,47-50H,4-17H2,1-3H3,(H,39,44)(H,40,51)(H,41,43)(H,45,46)(H,52,53)/t18?,21?,22-,23+,24-,25?,28?,29+,30-,31?,32?,33?,34?,37+,38-/m0/s1. The van der Waals surface area contributed by atoms with Gasteiger partial charge in [0.1, 0.15) is 42.7 Å². The molecule has 0 aromatic heterocycles. The summed E-state index contributed by atoms with van der Waals surface area (Å²) in [6.45, 7) is 3.84. The number of carbonyl (C=O) groups is 5. The summed E-state index contributed by atoms with van der Waals surface area (Å²) in [6.07, 6.45) is -11.7. The minimum absolute atomic E-state index is 0.0215. The third-order valence-corrected chi connectivity index (χ3v) is 11.6. The van der Waals surface area contributed by atoms with E-state index in [-0.39, 0.29) is 51.1 Å². The summed E-state index contributed by atoms with van der Waals surface area (Å²) in [5.41, 5.74) is 0. The highest BCUT2D eigenvalue weighted by molar-refractivity contribution is 5.81. The molecule has 58 heavy (non-hydrogen) atoms. The average Bonchev–Trinajstić information content (AvgIpc) is 3.19. The maximum absolute atomic E-state index is 13.6. The summed E-state index contributed by atoms with van der Waals surface area (Å²) in [5, 5.41) is 80.5. The Labute approximate surface area is 337 Å². The first-order chi connectivity index (χ1) is 27.5. The van der Waals surface area contributed by atoms with E-state index in [4.69, 9.17) is 28.8 Å². The zero-order valence-electron chi connectivity index (χ0n) is 33.4. The molecule has 4 aliphatic rings. The third-order valence-electron chi connectivity index (χ3n) is 11.6. The predicted octanol–water partition coefficient (Wildman–Crippen LogP) is -1.49. The molecule has 2 heterocycles. The maximum Gasteiger partial charge on any atom is 0.332 e. The van der Waals surface area contributed by atoms with Crippen molar-refractivity contribution in [2.75, 3.05) is 19.7 Å². The van der Waals surface area contributed by atoms with Gasteiger partial charge in [0.05, 0.1) is 31.3 Å². The first-order valence-corrected chi connectivity index (χ1v) is 20.4. The fourth-order valence-corrected chi connectivity index (χ4v) is 8.42. The minimum atomic E-state index is -1.68. The van der Waals surface area contributed by atoms with Crippen LogP contribution in [0.15, 0.2) is 0 Å².